The minimum atomic E-state index is -4.87. The molecule has 0 aromatic heterocycles. The number of carbonyl (C=O) groups is 1. The molecule has 0 N–H and O–H groups in total. The Kier molecular flexibility index (Phi) is 4.99. The summed E-state index contributed by atoms with van der Waals surface area (Å²) in [7, 11) is 0. The van der Waals surface area contributed by atoms with Crippen molar-refractivity contribution in [2.45, 2.75) is 31.7 Å². The number of hydrogen-bond donors (Lipinski definition) is 0. The molecule has 0 spiro atoms. The summed E-state index contributed by atoms with van der Waals surface area (Å²) in [5, 5.41) is 0. The molecule has 3 nitrogen and oxygen atoms in total. The quantitative estimate of drug-likeness (QED) is 0.697. The van der Waals surface area contributed by atoms with Gasteiger partial charge in [0.05, 0.1) is 24.3 Å². The van der Waals surface area contributed by atoms with E-state index >= 15 is 0 Å². The number of alkyl halides is 3. The van der Waals surface area contributed by atoms with Gasteiger partial charge in [-0.1, -0.05) is 30.3 Å². The SMILES string of the molecule is CC1(C)COC(c2ccccc2)CN1C(=O)c1ccc(F)c(C(F)(F)F)c1. The number of benzene rings is 2. The van der Waals surface area contributed by atoms with Gasteiger partial charge >= 0.3 is 6.18 Å². The van der Waals surface area contributed by atoms with E-state index in [4.69, 9.17) is 4.74 Å². The van der Waals surface area contributed by atoms with Gasteiger partial charge in [-0.25, -0.2) is 4.39 Å². The summed E-state index contributed by atoms with van der Waals surface area (Å²) >= 11 is 0. The number of morpholine rings is 1. The summed E-state index contributed by atoms with van der Waals surface area (Å²) in [5.41, 5.74) is -1.49. The largest absolute Gasteiger partial charge is 0.419 e. The Balaban J connectivity index is 1.92. The molecule has 3 rings (SSSR count). The van der Waals surface area contributed by atoms with Gasteiger partial charge in [0.25, 0.3) is 5.91 Å². The fraction of sp³-hybridized carbons (Fsp3) is 0.350. The van der Waals surface area contributed by atoms with Gasteiger partial charge in [-0.3, -0.25) is 4.79 Å². The Morgan fingerprint density at radius 1 is 1.15 bits per heavy atom. The van der Waals surface area contributed by atoms with Crippen LogP contribution in [0.2, 0.25) is 0 Å². The number of hydrogen-bond acceptors (Lipinski definition) is 2. The molecule has 1 heterocycles. The van der Waals surface area contributed by atoms with E-state index in [0.29, 0.717) is 12.1 Å². The third-order valence-corrected chi connectivity index (χ3v) is 4.65. The van der Waals surface area contributed by atoms with Gasteiger partial charge in [0.2, 0.25) is 0 Å². The molecule has 2 aromatic rings. The second-order valence-electron chi connectivity index (χ2n) is 7.13. The maximum absolute atomic E-state index is 13.5. The highest BCUT2D eigenvalue weighted by atomic mass is 19.4. The van der Waals surface area contributed by atoms with Gasteiger partial charge in [-0.05, 0) is 37.6 Å². The smallest absolute Gasteiger partial charge is 0.369 e. The Morgan fingerprint density at radius 2 is 1.81 bits per heavy atom. The van der Waals surface area contributed by atoms with Crippen molar-refractivity contribution in [3.63, 3.8) is 0 Å². The second kappa shape index (κ2) is 6.96. The number of ether oxygens (including phenoxy) is 1. The number of carbonyl (C=O) groups excluding carboxylic acids is 1. The van der Waals surface area contributed by atoms with Crippen molar-refractivity contribution in [2.24, 2.45) is 0 Å². The van der Waals surface area contributed by atoms with Crippen molar-refractivity contribution in [1.29, 1.82) is 0 Å². The van der Waals surface area contributed by atoms with E-state index in [1.165, 1.54) is 4.90 Å². The third-order valence-electron chi connectivity index (χ3n) is 4.65. The maximum Gasteiger partial charge on any atom is 0.419 e. The van der Waals surface area contributed by atoms with Crippen molar-refractivity contribution < 1.29 is 27.1 Å². The summed E-state index contributed by atoms with van der Waals surface area (Å²) in [6, 6.07) is 11.6. The fourth-order valence-corrected chi connectivity index (χ4v) is 3.11. The number of nitrogens with zero attached hydrogens (tertiary/aromatic N) is 1. The van der Waals surface area contributed by atoms with E-state index in [9.17, 15) is 22.4 Å². The zero-order chi connectivity index (χ0) is 19.8. The van der Waals surface area contributed by atoms with Crippen molar-refractivity contribution in [3.8, 4) is 0 Å². The molecule has 144 valence electrons. The average molecular weight is 381 g/mol. The fourth-order valence-electron chi connectivity index (χ4n) is 3.11. The maximum atomic E-state index is 13.5. The predicted octanol–water partition coefficient (Wildman–Crippen LogP) is 4.84. The molecule has 0 radical (unpaired) electrons. The van der Waals surface area contributed by atoms with Crippen LogP contribution in [-0.2, 0) is 10.9 Å². The molecule has 1 aliphatic heterocycles. The third kappa shape index (κ3) is 3.98. The Labute approximate surface area is 154 Å². The molecule has 27 heavy (non-hydrogen) atoms. The summed E-state index contributed by atoms with van der Waals surface area (Å²) in [6.45, 7) is 3.97. The standard InChI is InChI=1S/C20H19F4NO2/c1-19(2)12-27-17(13-6-4-3-5-7-13)11-25(19)18(26)14-8-9-16(21)15(10-14)20(22,23)24/h3-10,17H,11-12H2,1-2H3. The lowest BCUT2D eigenvalue weighted by Gasteiger charge is -2.45. The Bertz CT molecular complexity index is 834. The number of amides is 1. The molecule has 1 saturated heterocycles. The molecule has 0 bridgehead atoms. The first kappa shape index (κ1) is 19.4. The zero-order valence-electron chi connectivity index (χ0n) is 14.9. The topological polar surface area (TPSA) is 29.5 Å². The Morgan fingerprint density at radius 3 is 2.44 bits per heavy atom. The van der Waals surface area contributed by atoms with E-state index < -0.39 is 29.0 Å². The lowest BCUT2D eigenvalue weighted by molar-refractivity contribution is -0.140. The first-order chi connectivity index (χ1) is 12.6. The lowest BCUT2D eigenvalue weighted by atomic mass is 9.96. The van der Waals surface area contributed by atoms with Gasteiger partial charge in [0.15, 0.2) is 0 Å². The van der Waals surface area contributed by atoms with Crippen LogP contribution in [0, 0.1) is 5.82 Å². The normalized spacial score (nSPS) is 19.8. The van der Waals surface area contributed by atoms with Gasteiger partial charge in [-0.15, -0.1) is 0 Å². The van der Waals surface area contributed by atoms with Crippen molar-refractivity contribution in [3.05, 3.63) is 71.0 Å². The van der Waals surface area contributed by atoms with E-state index in [0.717, 1.165) is 11.6 Å². The van der Waals surface area contributed by atoms with Crippen LogP contribution in [0.3, 0.4) is 0 Å². The van der Waals surface area contributed by atoms with Crippen LogP contribution in [0.25, 0.3) is 0 Å². The molecule has 1 unspecified atom stereocenters. The monoisotopic (exact) mass is 381 g/mol. The van der Waals surface area contributed by atoms with E-state index in [1.54, 1.807) is 13.8 Å². The molecule has 1 amide bonds. The molecular weight excluding hydrogens is 362 g/mol. The summed E-state index contributed by atoms with van der Waals surface area (Å²) in [6.07, 6.45) is -5.25. The highest BCUT2D eigenvalue weighted by Crippen LogP contribution is 2.34. The van der Waals surface area contributed by atoms with Gasteiger partial charge < -0.3 is 9.64 Å². The molecular formula is C20H19F4NO2. The highest BCUT2D eigenvalue weighted by Gasteiger charge is 2.40. The molecule has 1 atom stereocenters. The van der Waals surface area contributed by atoms with Crippen LogP contribution in [0.5, 0.6) is 0 Å². The summed E-state index contributed by atoms with van der Waals surface area (Å²) < 4.78 is 58.4. The molecule has 0 aliphatic carbocycles. The van der Waals surface area contributed by atoms with E-state index in [1.807, 2.05) is 30.3 Å². The van der Waals surface area contributed by atoms with Crippen LogP contribution < -0.4 is 0 Å². The molecule has 2 aromatic carbocycles. The van der Waals surface area contributed by atoms with Crippen LogP contribution in [-0.4, -0.2) is 29.5 Å². The predicted molar refractivity (Wildman–Crippen MR) is 91.7 cm³/mol. The van der Waals surface area contributed by atoms with Crippen LogP contribution in [0.4, 0.5) is 17.6 Å². The highest BCUT2D eigenvalue weighted by molar-refractivity contribution is 5.95. The van der Waals surface area contributed by atoms with Crippen LogP contribution >= 0.6 is 0 Å². The van der Waals surface area contributed by atoms with E-state index in [2.05, 4.69) is 0 Å². The first-order valence-corrected chi connectivity index (χ1v) is 8.45. The number of rotatable bonds is 2. The second-order valence-corrected chi connectivity index (χ2v) is 7.13. The molecule has 1 aliphatic rings. The van der Waals surface area contributed by atoms with E-state index in [-0.39, 0.29) is 24.8 Å². The van der Waals surface area contributed by atoms with Crippen LogP contribution in [0.1, 0.15) is 41.4 Å². The minimum Gasteiger partial charge on any atom is -0.369 e. The van der Waals surface area contributed by atoms with Crippen molar-refractivity contribution in [1.82, 2.24) is 4.90 Å². The van der Waals surface area contributed by atoms with Gasteiger partial charge in [0, 0.05) is 5.56 Å². The van der Waals surface area contributed by atoms with Crippen molar-refractivity contribution >= 4 is 5.91 Å². The average Bonchev–Trinajstić information content (AvgIpc) is 2.61. The lowest BCUT2D eigenvalue weighted by Crippen LogP contribution is -2.56. The molecule has 7 heteroatoms. The van der Waals surface area contributed by atoms with Crippen molar-refractivity contribution in [2.75, 3.05) is 13.2 Å². The molecule has 1 fully saturated rings. The minimum absolute atomic E-state index is 0.189. The van der Waals surface area contributed by atoms with Gasteiger partial charge in [0.1, 0.15) is 11.9 Å². The summed E-state index contributed by atoms with van der Waals surface area (Å²) in [5.74, 6) is -1.99. The van der Waals surface area contributed by atoms with Crippen LogP contribution in [0.15, 0.2) is 48.5 Å². The molecule has 0 saturated carbocycles. The zero-order valence-corrected chi connectivity index (χ0v) is 14.9. The first-order valence-electron chi connectivity index (χ1n) is 8.45. The van der Waals surface area contributed by atoms with Gasteiger partial charge in [-0.2, -0.15) is 13.2 Å². The summed E-state index contributed by atoms with van der Waals surface area (Å²) in [4.78, 5) is 14.5. The Hall–Kier alpha value is -2.41. The number of halogens is 4.